The molecule has 0 saturated carbocycles. The lowest BCUT2D eigenvalue weighted by Gasteiger charge is -2.23. The number of hydrogen-bond acceptors (Lipinski definition) is 5. The van der Waals surface area contributed by atoms with Crippen molar-refractivity contribution in [1.29, 1.82) is 0 Å². The Labute approximate surface area is 176 Å². The van der Waals surface area contributed by atoms with Crippen LogP contribution in [0.25, 0.3) is 5.76 Å². The Bertz CT molecular complexity index is 1230. The van der Waals surface area contributed by atoms with Crippen molar-refractivity contribution in [1.82, 2.24) is 0 Å². The third-order valence-corrected chi connectivity index (χ3v) is 4.98. The molecule has 1 unspecified atom stereocenters. The van der Waals surface area contributed by atoms with Crippen LogP contribution in [0, 0.1) is 18.6 Å². The zero-order valence-electron chi connectivity index (χ0n) is 16.6. The van der Waals surface area contributed by atoms with Crippen LogP contribution in [-0.4, -0.2) is 23.9 Å². The highest BCUT2D eigenvalue weighted by Gasteiger charge is 2.48. The Kier molecular flexibility index (Phi) is 5.06. The summed E-state index contributed by atoms with van der Waals surface area (Å²) in [5.74, 6) is -3.14. The summed E-state index contributed by atoms with van der Waals surface area (Å²) < 4.78 is 38.6. The van der Waals surface area contributed by atoms with Crippen molar-refractivity contribution >= 4 is 23.1 Å². The average Bonchev–Trinajstić information content (AvgIpc) is 3.28. The number of ketones is 1. The Morgan fingerprint density at radius 3 is 2.45 bits per heavy atom. The predicted molar refractivity (Wildman–Crippen MR) is 108 cm³/mol. The van der Waals surface area contributed by atoms with E-state index in [-0.39, 0.29) is 28.3 Å². The van der Waals surface area contributed by atoms with Crippen LogP contribution in [0.4, 0.5) is 14.5 Å². The Balaban J connectivity index is 1.98. The standard InChI is InChI=1S/C23H17F2NO5/c1-12-6-8-18(31-12)20-19(21(27)16-11-14(25)7-9-17(16)30-2)22(28)23(29)26(20)15-5-3-4-13(24)10-15/h3-11,20,27H,1-2H3/b21-19-. The highest BCUT2D eigenvalue weighted by molar-refractivity contribution is 6.51. The van der Waals surface area contributed by atoms with E-state index in [0.717, 1.165) is 23.1 Å². The van der Waals surface area contributed by atoms with Gasteiger partial charge in [-0.3, -0.25) is 14.5 Å². The minimum Gasteiger partial charge on any atom is -0.507 e. The van der Waals surface area contributed by atoms with Crippen molar-refractivity contribution in [2.45, 2.75) is 13.0 Å². The molecule has 1 aromatic heterocycles. The first-order chi connectivity index (χ1) is 14.8. The van der Waals surface area contributed by atoms with Crippen LogP contribution in [-0.2, 0) is 9.59 Å². The highest BCUT2D eigenvalue weighted by Crippen LogP contribution is 2.43. The normalized spacial score (nSPS) is 17.9. The number of carbonyl (C=O) groups is 2. The largest absolute Gasteiger partial charge is 0.507 e. The topological polar surface area (TPSA) is 80.0 Å². The SMILES string of the molecule is COc1ccc(F)cc1/C(O)=C1/C(=O)C(=O)N(c2cccc(F)c2)C1c1ccc(C)o1. The molecule has 6 nitrogen and oxygen atoms in total. The van der Waals surface area contributed by atoms with Gasteiger partial charge in [0.1, 0.15) is 40.7 Å². The highest BCUT2D eigenvalue weighted by atomic mass is 19.1. The minimum absolute atomic E-state index is 0.102. The number of benzene rings is 2. The van der Waals surface area contributed by atoms with Gasteiger partial charge in [0.15, 0.2) is 0 Å². The number of anilines is 1. The molecule has 31 heavy (non-hydrogen) atoms. The van der Waals surface area contributed by atoms with Crippen molar-refractivity contribution in [3.63, 3.8) is 0 Å². The van der Waals surface area contributed by atoms with Crippen molar-refractivity contribution in [2.75, 3.05) is 12.0 Å². The van der Waals surface area contributed by atoms with E-state index in [9.17, 15) is 23.5 Å². The molecule has 2 heterocycles. The zero-order chi connectivity index (χ0) is 22.3. The number of nitrogens with zero attached hydrogens (tertiary/aromatic N) is 1. The maximum atomic E-state index is 13.9. The van der Waals surface area contributed by atoms with Crippen LogP contribution in [0.3, 0.4) is 0 Å². The maximum absolute atomic E-state index is 13.9. The summed E-state index contributed by atoms with van der Waals surface area (Å²) in [5.41, 5.74) is -0.327. The number of aliphatic hydroxyl groups excluding tert-OH is 1. The predicted octanol–water partition coefficient (Wildman–Crippen LogP) is 4.50. The number of carbonyl (C=O) groups excluding carboxylic acids is 2. The third kappa shape index (κ3) is 3.46. The minimum atomic E-state index is -1.19. The molecule has 158 valence electrons. The van der Waals surface area contributed by atoms with Gasteiger partial charge in [-0.2, -0.15) is 0 Å². The van der Waals surface area contributed by atoms with Gasteiger partial charge in [-0.1, -0.05) is 6.07 Å². The lowest BCUT2D eigenvalue weighted by molar-refractivity contribution is -0.132. The van der Waals surface area contributed by atoms with Gasteiger partial charge in [0, 0.05) is 5.69 Å². The van der Waals surface area contributed by atoms with Gasteiger partial charge in [-0.15, -0.1) is 0 Å². The number of halogens is 2. The van der Waals surface area contributed by atoms with E-state index in [0.29, 0.717) is 5.76 Å². The molecular formula is C23H17F2NO5. The second-order valence-electron chi connectivity index (χ2n) is 6.94. The van der Waals surface area contributed by atoms with E-state index in [4.69, 9.17) is 9.15 Å². The number of amides is 1. The molecule has 0 bridgehead atoms. The lowest BCUT2D eigenvalue weighted by Crippen LogP contribution is -2.29. The summed E-state index contributed by atoms with van der Waals surface area (Å²) >= 11 is 0. The van der Waals surface area contributed by atoms with Crippen molar-refractivity contribution in [2.24, 2.45) is 0 Å². The molecular weight excluding hydrogens is 408 g/mol. The first-order valence-corrected chi connectivity index (χ1v) is 9.28. The molecule has 3 aromatic rings. The van der Waals surface area contributed by atoms with Crippen LogP contribution < -0.4 is 9.64 Å². The Morgan fingerprint density at radius 1 is 1.06 bits per heavy atom. The smallest absolute Gasteiger partial charge is 0.300 e. The quantitative estimate of drug-likeness (QED) is 0.378. The summed E-state index contributed by atoms with van der Waals surface area (Å²) in [7, 11) is 1.32. The van der Waals surface area contributed by atoms with E-state index in [2.05, 4.69) is 0 Å². The van der Waals surface area contributed by atoms with E-state index in [1.807, 2.05) is 0 Å². The molecule has 0 aliphatic carbocycles. The molecule has 1 aliphatic rings. The molecule has 1 amide bonds. The van der Waals surface area contributed by atoms with E-state index in [1.54, 1.807) is 19.1 Å². The summed E-state index contributed by atoms with van der Waals surface area (Å²) in [6.45, 7) is 1.67. The van der Waals surface area contributed by atoms with E-state index < -0.39 is 35.1 Å². The fraction of sp³-hybridized carbons (Fsp3) is 0.130. The summed E-state index contributed by atoms with van der Waals surface area (Å²) in [6.07, 6.45) is 0. The molecule has 1 atom stereocenters. The van der Waals surface area contributed by atoms with Gasteiger partial charge in [-0.25, -0.2) is 8.78 Å². The molecule has 8 heteroatoms. The van der Waals surface area contributed by atoms with Gasteiger partial charge in [0.2, 0.25) is 0 Å². The van der Waals surface area contributed by atoms with E-state index in [1.165, 1.54) is 31.4 Å². The number of aliphatic hydroxyl groups is 1. The number of methoxy groups -OCH3 is 1. The number of ether oxygens (including phenoxy) is 1. The Morgan fingerprint density at radius 2 is 1.81 bits per heavy atom. The summed E-state index contributed by atoms with van der Waals surface area (Å²) in [6, 6.07) is 10.5. The summed E-state index contributed by atoms with van der Waals surface area (Å²) in [4.78, 5) is 27.0. The monoisotopic (exact) mass is 425 g/mol. The van der Waals surface area contributed by atoms with Crippen LogP contribution >= 0.6 is 0 Å². The van der Waals surface area contributed by atoms with Gasteiger partial charge in [-0.05, 0) is 55.5 Å². The lowest BCUT2D eigenvalue weighted by atomic mass is 9.98. The maximum Gasteiger partial charge on any atom is 0.300 e. The summed E-state index contributed by atoms with van der Waals surface area (Å²) in [5, 5.41) is 11.0. The van der Waals surface area contributed by atoms with Crippen molar-refractivity contribution in [3.05, 3.63) is 88.9 Å². The second-order valence-corrected chi connectivity index (χ2v) is 6.94. The fourth-order valence-electron chi connectivity index (χ4n) is 3.60. The molecule has 1 N–H and O–H groups in total. The van der Waals surface area contributed by atoms with Crippen LogP contribution in [0.1, 0.15) is 23.1 Å². The third-order valence-electron chi connectivity index (χ3n) is 4.98. The number of aryl methyl sites for hydroxylation is 1. The second kappa shape index (κ2) is 7.71. The van der Waals surface area contributed by atoms with Crippen molar-refractivity contribution < 1.29 is 32.6 Å². The van der Waals surface area contributed by atoms with Crippen LogP contribution in [0.2, 0.25) is 0 Å². The fourth-order valence-corrected chi connectivity index (χ4v) is 3.60. The number of rotatable bonds is 4. The molecule has 1 fully saturated rings. The van der Waals surface area contributed by atoms with Gasteiger partial charge in [0.25, 0.3) is 11.7 Å². The Hall–Kier alpha value is -3.94. The number of Topliss-reactive ketones (excluding diaryl/α,β-unsaturated/α-hetero) is 1. The van der Waals surface area contributed by atoms with Crippen LogP contribution in [0.5, 0.6) is 5.75 Å². The van der Waals surface area contributed by atoms with Gasteiger partial charge in [0.05, 0.1) is 18.2 Å². The molecule has 0 radical (unpaired) electrons. The molecule has 1 saturated heterocycles. The first-order valence-electron chi connectivity index (χ1n) is 9.28. The molecule has 0 spiro atoms. The molecule has 4 rings (SSSR count). The number of furan rings is 1. The number of hydrogen-bond donors (Lipinski definition) is 1. The van der Waals surface area contributed by atoms with Crippen LogP contribution in [0.15, 0.2) is 64.6 Å². The van der Waals surface area contributed by atoms with Gasteiger partial charge >= 0.3 is 0 Å². The zero-order valence-corrected chi connectivity index (χ0v) is 16.6. The first kappa shape index (κ1) is 20.3. The van der Waals surface area contributed by atoms with Crippen molar-refractivity contribution in [3.8, 4) is 5.75 Å². The van der Waals surface area contributed by atoms with E-state index >= 15 is 0 Å². The molecule has 1 aliphatic heterocycles. The molecule has 2 aromatic carbocycles. The average molecular weight is 425 g/mol. The van der Waals surface area contributed by atoms with Gasteiger partial charge < -0.3 is 14.3 Å².